The highest BCUT2D eigenvalue weighted by Gasteiger charge is 2.12. The quantitative estimate of drug-likeness (QED) is 0.675. The molecule has 0 N–H and O–H groups in total. The second kappa shape index (κ2) is 5.67. The summed E-state index contributed by atoms with van der Waals surface area (Å²) in [5.74, 6) is 3.68. The van der Waals surface area contributed by atoms with Gasteiger partial charge in [-0.3, -0.25) is 0 Å². The molecule has 0 aromatic carbocycles. The third kappa shape index (κ3) is 3.44. The lowest BCUT2D eigenvalue weighted by Crippen LogP contribution is -2.06. The van der Waals surface area contributed by atoms with Crippen LogP contribution in [0.4, 0.5) is 0 Å². The fraction of sp³-hybridized carbons (Fsp3) is 1.00. The summed E-state index contributed by atoms with van der Waals surface area (Å²) in [6.07, 6.45) is 3.97. The van der Waals surface area contributed by atoms with Gasteiger partial charge >= 0.3 is 0 Å². The first kappa shape index (κ1) is 9.14. The first-order valence-electron chi connectivity index (χ1n) is 3.75. The van der Waals surface area contributed by atoms with Crippen molar-refractivity contribution in [1.29, 1.82) is 0 Å². The number of hydrogen-bond acceptors (Lipinski definition) is 2. The van der Waals surface area contributed by atoms with Gasteiger partial charge in [-0.25, -0.2) is 0 Å². The lowest BCUT2D eigenvalue weighted by atomic mass is 10.4. The van der Waals surface area contributed by atoms with Crippen LogP contribution in [0.15, 0.2) is 0 Å². The van der Waals surface area contributed by atoms with E-state index in [1.54, 1.807) is 0 Å². The van der Waals surface area contributed by atoms with E-state index < -0.39 is 0 Å². The molecule has 0 saturated carbocycles. The first-order valence-corrected chi connectivity index (χ1v) is 6.42. The maximum atomic E-state index is 4.90. The van der Waals surface area contributed by atoms with Crippen molar-refractivity contribution in [3.63, 3.8) is 0 Å². The van der Waals surface area contributed by atoms with E-state index in [2.05, 4.69) is 23.5 Å². The van der Waals surface area contributed by atoms with Crippen molar-refractivity contribution in [1.82, 2.24) is 0 Å². The monoisotopic (exact) mass is 193 g/mol. The highest BCUT2D eigenvalue weighted by molar-refractivity contribution is 8.17. The van der Waals surface area contributed by atoms with Gasteiger partial charge in [-0.2, -0.15) is 0 Å². The Morgan fingerprint density at radius 1 is 1.30 bits per heavy atom. The lowest BCUT2D eigenvalue weighted by Gasteiger charge is -2.19. The molecule has 0 bridgehead atoms. The fourth-order valence-corrected chi connectivity index (χ4v) is 4.08. The molecule has 1 rings (SSSR count). The van der Waals surface area contributed by atoms with Crippen molar-refractivity contribution in [2.24, 2.45) is 0 Å². The second-order valence-corrected chi connectivity index (χ2v) is 5.70. The van der Waals surface area contributed by atoms with Crippen LogP contribution in [0.25, 0.3) is 0 Å². The molecular formula is C7H13S3. The van der Waals surface area contributed by atoms with Gasteiger partial charge in [-0.05, 0) is 30.8 Å². The van der Waals surface area contributed by atoms with Crippen LogP contribution in [0, 0.1) is 0 Å². The minimum atomic E-state index is 0.872. The molecule has 0 amide bonds. The van der Waals surface area contributed by atoms with E-state index in [1.165, 1.54) is 30.8 Å². The molecule has 1 aliphatic heterocycles. The van der Waals surface area contributed by atoms with E-state index in [1.807, 2.05) is 0 Å². The number of rotatable bonds is 3. The van der Waals surface area contributed by atoms with Crippen molar-refractivity contribution in [3.05, 3.63) is 0 Å². The standard InChI is InChI=1S/C7H13S3/c8-4-1-3-7-9-5-2-6-10-7/h7H,1-6H2. The van der Waals surface area contributed by atoms with Crippen molar-refractivity contribution in [2.75, 3.05) is 17.3 Å². The number of hydrogen-bond donors (Lipinski definition) is 0. The Bertz CT molecular complexity index is 78.9. The van der Waals surface area contributed by atoms with E-state index in [0.717, 1.165) is 10.3 Å². The summed E-state index contributed by atoms with van der Waals surface area (Å²) in [6, 6.07) is 0. The van der Waals surface area contributed by atoms with Crippen LogP contribution in [-0.2, 0) is 0 Å². The molecule has 0 aromatic heterocycles. The van der Waals surface area contributed by atoms with Crippen molar-refractivity contribution in [2.45, 2.75) is 23.8 Å². The Hall–Kier alpha value is 1.05. The topological polar surface area (TPSA) is 0 Å². The third-order valence-electron chi connectivity index (χ3n) is 1.48. The molecule has 3 heteroatoms. The fourth-order valence-electron chi connectivity index (χ4n) is 0.953. The zero-order chi connectivity index (χ0) is 7.23. The van der Waals surface area contributed by atoms with Gasteiger partial charge in [0.05, 0.1) is 4.58 Å². The van der Waals surface area contributed by atoms with E-state index in [0.29, 0.717) is 0 Å². The van der Waals surface area contributed by atoms with Gasteiger partial charge in [0.15, 0.2) is 0 Å². The largest absolute Gasteiger partial charge is 0.148 e. The predicted octanol–water partition coefficient (Wildman–Crippen LogP) is 3.16. The SMILES string of the molecule is [S]CCCC1SCCCS1. The van der Waals surface area contributed by atoms with Crippen LogP contribution < -0.4 is 0 Å². The Morgan fingerprint density at radius 2 is 2.00 bits per heavy atom. The summed E-state index contributed by atoms with van der Waals surface area (Å²) in [6.45, 7) is 0. The van der Waals surface area contributed by atoms with Gasteiger partial charge in [-0.15, -0.1) is 23.5 Å². The Labute approximate surface area is 77.3 Å². The average Bonchev–Trinajstić information content (AvgIpc) is 2.03. The molecule has 1 aliphatic rings. The summed E-state index contributed by atoms with van der Waals surface area (Å²) in [4.78, 5) is 0. The van der Waals surface area contributed by atoms with Crippen LogP contribution in [0.2, 0.25) is 0 Å². The summed E-state index contributed by atoms with van der Waals surface area (Å²) in [5.41, 5.74) is 0. The second-order valence-electron chi connectivity index (χ2n) is 2.37. The molecule has 1 saturated heterocycles. The van der Waals surface area contributed by atoms with Crippen molar-refractivity contribution in [3.8, 4) is 0 Å². The van der Waals surface area contributed by atoms with Gasteiger partial charge in [0.25, 0.3) is 0 Å². The maximum absolute atomic E-state index is 4.90. The average molecular weight is 193 g/mol. The molecule has 59 valence electrons. The van der Waals surface area contributed by atoms with Crippen LogP contribution in [-0.4, -0.2) is 21.8 Å². The van der Waals surface area contributed by atoms with Crippen molar-refractivity contribution >= 4 is 36.2 Å². The lowest BCUT2D eigenvalue weighted by molar-refractivity contribution is 0.874. The summed E-state index contributed by atoms with van der Waals surface area (Å²) in [7, 11) is 0. The van der Waals surface area contributed by atoms with E-state index in [4.69, 9.17) is 12.6 Å². The Morgan fingerprint density at radius 3 is 2.60 bits per heavy atom. The molecule has 0 aromatic rings. The highest BCUT2D eigenvalue weighted by Crippen LogP contribution is 2.33. The maximum Gasteiger partial charge on any atom is 0.0502 e. The molecule has 1 fully saturated rings. The molecule has 0 aliphatic carbocycles. The molecule has 1 radical (unpaired) electrons. The summed E-state index contributed by atoms with van der Waals surface area (Å²) in [5, 5.41) is 0. The van der Waals surface area contributed by atoms with E-state index >= 15 is 0 Å². The zero-order valence-corrected chi connectivity index (χ0v) is 8.49. The van der Waals surface area contributed by atoms with Gasteiger partial charge < -0.3 is 0 Å². The predicted molar refractivity (Wildman–Crippen MR) is 55.0 cm³/mol. The smallest absolute Gasteiger partial charge is 0.0502 e. The molecule has 0 unspecified atom stereocenters. The molecule has 0 nitrogen and oxygen atoms in total. The van der Waals surface area contributed by atoms with Gasteiger partial charge in [0.2, 0.25) is 0 Å². The summed E-state index contributed by atoms with van der Waals surface area (Å²) >= 11 is 9.14. The van der Waals surface area contributed by atoms with Gasteiger partial charge in [0, 0.05) is 5.75 Å². The van der Waals surface area contributed by atoms with Crippen LogP contribution >= 0.6 is 36.2 Å². The highest BCUT2D eigenvalue weighted by atomic mass is 32.2. The minimum Gasteiger partial charge on any atom is -0.148 e. The van der Waals surface area contributed by atoms with Crippen LogP contribution in [0.3, 0.4) is 0 Å². The Balaban J connectivity index is 2.02. The third-order valence-corrected chi connectivity index (χ3v) is 4.85. The normalized spacial score (nSPS) is 21.3. The van der Waals surface area contributed by atoms with Crippen LogP contribution in [0.1, 0.15) is 19.3 Å². The van der Waals surface area contributed by atoms with Crippen LogP contribution in [0.5, 0.6) is 0 Å². The molecule has 0 spiro atoms. The van der Waals surface area contributed by atoms with E-state index in [-0.39, 0.29) is 0 Å². The molecule has 1 heterocycles. The zero-order valence-electron chi connectivity index (χ0n) is 6.04. The first-order chi connectivity index (χ1) is 4.93. The number of thioether (sulfide) groups is 2. The Kier molecular flexibility index (Phi) is 5.18. The van der Waals surface area contributed by atoms with Gasteiger partial charge in [0.1, 0.15) is 0 Å². The minimum absolute atomic E-state index is 0.872. The molecular weight excluding hydrogens is 180 g/mol. The summed E-state index contributed by atoms with van der Waals surface area (Å²) < 4.78 is 0.872. The van der Waals surface area contributed by atoms with Gasteiger partial charge in [-0.1, -0.05) is 12.6 Å². The molecule has 0 atom stereocenters. The van der Waals surface area contributed by atoms with Crippen molar-refractivity contribution < 1.29 is 0 Å². The molecule has 10 heavy (non-hydrogen) atoms. The van der Waals surface area contributed by atoms with E-state index in [9.17, 15) is 0 Å².